The maximum atomic E-state index is 6.38. The summed E-state index contributed by atoms with van der Waals surface area (Å²) in [6.45, 7) is 10.7. The average Bonchev–Trinajstić information content (AvgIpc) is 3.30. The molecular weight excluding hydrogens is 346 g/mol. The van der Waals surface area contributed by atoms with E-state index >= 15 is 0 Å². The van der Waals surface area contributed by atoms with Crippen molar-refractivity contribution >= 4 is 11.0 Å². The quantitative estimate of drug-likeness (QED) is 0.530. The minimum atomic E-state index is 0.697. The molecule has 0 atom stereocenters. The molecule has 0 radical (unpaired) electrons. The van der Waals surface area contributed by atoms with E-state index in [9.17, 15) is 0 Å². The van der Waals surface area contributed by atoms with Crippen LogP contribution in [0.1, 0.15) is 47.8 Å². The van der Waals surface area contributed by atoms with Crippen LogP contribution in [0.5, 0.6) is 5.75 Å². The average molecular weight is 378 g/mol. The predicted molar refractivity (Wildman–Crippen MR) is 115 cm³/mol. The SMILES string of the molecule is CCOc1ccc(Cc2oc3cc(C)c(C)cc3c2CCN2CCCC2)cc1. The maximum Gasteiger partial charge on any atom is 0.134 e. The van der Waals surface area contributed by atoms with Gasteiger partial charge in [0.15, 0.2) is 0 Å². The molecular formula is C25H31NO2. The van der Waals surface area contributed by atoms with Gasteiger partial charge >= 0.3 is 0 Å². The Labute approximate surface area is 168 Å². The molecule has 0 saturated carbocycles. The van der Waals surface area contributed by atoms with Crippen molar-refractivity contribution in [3.63, 3.8) is 0 Å². The third-order valence-electron chi connectivity index (χ3n) is 5.97. The van der Waals surface area contributed by atoms with Crippen molar-refractivity contribution in [1.29, 1.82) is 0 Å². The second-order valence-electron chi connectivity index (χ2n) is 7.99. The van der Waals surface area contributed by atoms with Gasteiger partial charge in [-0.1, -0.05) is 12.1 Å². The summed E-state index contributed by atoms with van der Waals surface area (Å²) in [7, 11) is 0. The molecule has 0 aliphatic carbocycles. The van der Waals surface area contributed by atoms with E-state index in [1.54, 1.807) is 0 Å². The van der Waals surface area contributed by atoms with Crippen LogP contribution in [-0.4, -0.2) is 31.1 Å². The van der Waals surface area contributed by atoms with Gasteiger partial charge in [0, 0.05) is 23.9 Å². The van der Waals surface area contributed by atoms with E-state index in [4.69, 9.17) is 9.15 Å². The lowest BCUT2D eigenvalue weighted by Crippen LogP contribution is -2.22. The van der Waals surface area contributed by atoms with Gasteiger partial charge in [0.2, 0.25) is 0 Å². The van der Waals surface area contributed by atoms with Gasteiger partial charge in [-0.3, -0.25) is 0 Å². The third kappa shape index (κ3) is 4.10. The summed E-state index contributed by atoms with van der Waals surface area (Å²) in [4.78, 5) is 2.58. The van der Waals surface area contributed by atoms with Crippen molar-refractivity contribution in [2.24, 2.45) is 0 Å². The van der Waals surface area contributed by atoms with Crippen molar-refractivity contribution in [2.75, 3.05) is 26.2 Å². The zero-order valence-corrected chi connectivity index (χ0v) is 17.4. The Bertz CT molecular complexity index is 933. The minimum Gasteiger partial charge on any atom is -0.494 e. The maximum absolute atomic E-state index is 6.38. The highest BCUT2D eigenvalue weighted by Crippen LogP contribution is 2.31. The van der Waals surface area contributed by atoms with Gasteiger partial charge in [0.1, 0.15) is 17.1 Å². The summed E-state index contributed by atoms with van der Waals surface area (Å²) in [5.74, 6) is 2.04. The van der Waals surface area contributed by atoms with Crippen LogP contribution in [0.3, 0.4) is 0 Å². The van der Waals surface area contributed by atoms with E-state index < -0.39 is 0 Å². The largest absolute Gasteiger partial charge is 0.494 e. The third-order valence-corrected chi connectivity index (χ3v) is 5.97. The van der Waals surface area contributed by atoms with E-state index in [1.165, 1.54) is 53.6 Å². The molecule has 0 unspecified atom stereocenters. The number of fused-ring (bicyclic) bond motifs is 1. The fourth-order valence-corrected chi connectivity index (χ4v) is 4.20. The highest BCUT2D eigenvalue weighted by atomic mass is 16.5. The van der Waals surface area contributed by atoms with Crippen molar-refractivity contribution in [3.8, 4) is 5.75 Å². The van der Waals surface area contributed by atoms with E-state index in [-0.39, 0.29) is 0 Å². The molecule has 3 aromatic rings. The van der Waals surface area contributed by atoms with Gasteiger partial charge in [-0.2, -0.15) is 0 Å². The van der Waals surface area contributed by atoms with Crippen molar-refractivity contribution < 1.29 is 9.15 Å². The Morgan fingerprint density at radius 2 is 1.71 bits per heavy atom. The molecule has 1 aliphatic rings. The van der Waals surface area contributed by atoms with Crippen LogP contribution in [0.15, 0.2) is 40.8 Å². The molecule has 2 heterocycles. The first-order valence-electron chi connectivity index (χ1n) is 10.6. The molecule has 148 valence electrons. The molecule has 3 heteroatoms. The van der Waals surface area contributed by atoms with E-state index in [0.29, 0.717) is 6.61 Å². The predicted octanol–water partition coefficient (Wildman–Crippen LogP) is 5.68. The molecule has 1 aromatic heterocycles. The van der Waals surface area contributed by atoms with Gasteiger partial charge < -0.3 is 14.1 Å². The van der Waals surface area contributed by atoms with E-state index in [2.05, 4.69) is 55.1 Å². The molecule has 0 amide bonds. The van der Waals surface area contributed by atoms with Crippen molar-refractivity contribution in [3.05, 3.63) is 64.4 Å². The Morgan fingerprint density at radius 3 is 2.43 bits per heavy atom. The molecule has 0 N–H and O–H groups in total. The Kier molecular flexibility index (Phi) is 5.72. The van der Waals surface area contributed by atoms with Crippen LogP contribution in [0.4, 0.5) is 0 Å². The Hall–Kier alpha value is -2.26. The van der Waals surface area contributed by atoms with Gasteiger partial charge in [-0.05, 0) is 94.1 Å². The molecule has 0 spiro atoms. The lowest BCUT2D eigenvalue weighted by atomic mass is 10.00. The number of furan rings is 1. The van der Waals surface area contributed by atoms with Gasteiger partial charge in [0.05, 0.1) is 6.61 Å². The Balaban J connectivity index is 1.63. The van der Waals surface area contributed by atoms with Crippen LogP contribution in [0, 0.1) is 13.8 Å². The second kappa shape index (κ2) is 8.40. The molecule has 1 aliphatic heterocycles. The molecule has 1 saturated heterocycles. The molecule has 3 nitrogen and oxygen atoms in total. The number of hydrogen-bond acceptors (Lipinski definition) is 3. The smallest absolute Gasteiger partial charge is 0.134 e. The first kappa shape index (κ1) is 19.1. The topological polar surface area (TPSA) is 25.6 Å². The summed E-state index contributed by atoms with van der Waals surface area (Å²) >= 11 is 0. The van der Waals surface area contributed by atoms with Gasteiger partial charge in [-0.15, -0.1) is 0 Å². The monoisotopic (exact) mass is 377 g/mol. The van der Waals surface area contributed by atoms with Crippen LogP contribution in [0.25, 0.3) is 11.0 Å². The summed E-state index contributed by atoms with van der Waals surface area (Å²) in [6, 6.07) is 12.9. The fourth-order valence-electron chi connectivity index (χ4n) is 4.20. The minimum absolute atomic E-state index is 0.697. The lowest BCUT2D eigenvalue weighted by molar-refractivity contribution is 0.340. The standard InChI is InChI=1S/C25H31NO2/c1-4-27-21-9-7-20(8-10-21)17-25-22(11-14-26-12-5-6-13-26)23-15-18(2)19(3)16-24(23)28-25/h7-10,15-16H,4-6,11-14,17H2,1-3H3. The zero-order chi connectivity index (χ0) is 19.5. The lowest BCUT2D eigenvalue weighted by Gasteiger charge is -2.14. The summed E-state index contributed by atoms with van der Waals surface area (Å²) in [5, 5.41) is 1.29. The van der Waals surface area contributed by atoms with Crippen LogP contribution < -0.4 is 4.74 Å². The number of rotatable bonds is 7. The molecule has 28 heavy (non-hydrogen) atoms. The number of ether oxygens (including phenoxy) is 1. The number of aryl methyl sites for hydroxylation is 2. The van der Waals surface area contributed by atoms with Crippen LogP contribution in [-0.2, 0) is 12.8 Å². The molecule has 1 fully saturated rings. The van der Waals surface area contributed by atoms with E-state index in [0.717, 1.165) is 36.5 Å². The number of hydrogen-bond donors (Lipinski definition) is 0. The summed E-state index contributed by atoms with van der Waals surface area (Å²) in [5.41, 5.74) is 6.31. The second-order valence-corrected chi connectivity index (χ2v) is 7.99. The van der Waals surface area contributed by atoms with Crippen molar-refractivity contribution in [1.82, 2.24) is 4.90 Å². The van der Waals surface area contributed by atoms with Crippen LogP contribution >= 0.6 is 0 Å². The summed E-state index contributed by atoms with van der Waals surface area (Å²) < 4.78 is 12.0. The summed E-state index contributed by atoms with van der Waals surface area (Å²) in [6.07, 6.45) is 4.56. The molecule has 2 aromatic carbocycles. The number of nitrogens with zero attached hydrogens (tertiary/aromatic N) is 1. The van der Waals surface area contributed by atoms with E-state index in [1.807, 2.05) is 6.92 Å². The van der Waals surface area contributed by atoms with Gasteiger partial charge in [-0.25, -0.2) is 0 Å². The number of likely N-dealkylation sites (tertiary alicyclic amines) is 1. The first-order valence-corrected chi connectivity index (χ1v) is 10.6. The molecule has 4 rings (SSSR count). The number of benzene rings is 2. The highest BCUT2D eigenvalue weighted by molar-refractivity contribution is 5.84. The first-order chi connectivity index (χ1) is 13.6. The van der Waals surface area contributed by atoms with Gasteiger partial charge in [0.25, 0.3) is 0 Å². The highest BCUT2D eigenvalue weighted by Gasteiger charge is 2.18. The normalized spacial score (nSPS) is 14.8. The van der Waals surface area contributed by atoms with Crippen molar-refractivity contribution in [2.45, 2.75) is 46.5 Å². The Morgan fingerprint density at radius 1 is 1.00 bits per heavy atom. The van der Waals surface area contributed by atoms with Crippen LogP contribution in [0.2, 0.25) is 0 Å². The fraction of sp³-hybridized carbons (Fsp3) is 0.440. The molecule has 0 bridgehead atoms. The zero-order valence-electron chi connectivity index (χ0n) is 17.4.